The van der Waals surface area contributed by atoms with Gasteiger partial charge >= 0.3 is 0 Å². The quantitative estimate of drug-likeness (QED) is 0.550. The van der Waals surface area contributed by atoms with E-state index in [1.165, 1.54) is 0 Å². The molecular formula is C10H11NO2. The topological polar surface area (TPSA) is 60.2 Å². The molecule has 13 heavy (non-hydrogen) atoms. The van der Waals surface area contributed by atoms with Gasteiger partial charge in [-0.1, -0.05) is 0 Å². The lowest BCUT2D eigenvalue weighted by Gasteiger charge is -2.08. The Kier molecular flexibility index (Phi) is 2.46. The van der Waals surface area contributed by atoms with Crippen LogP contribution in [0.15, 0.2) is 6.07 Å². The second-order valence-corrected chi connectivity index (χ2v) is 2.97. The van der Waals surface area contributed by atoms with Crippen molar-refractivity contribution in [2.75, 3.05) is 5.73 Å². The van der Waals surface area contributed by atoms with E-state index >= 15 is 0 Å². The fourth-order valence-corrected chi connectivity index (χ4v) is 1.32. The van der Waals surface area contributed by atoms with Gasteiger partial charge in [0.15, 0.2) is 12.6 Å². The Hall–Kier alpha value is -1.64. The number of anilines is 1. The van der Waals surface area contributed by atoms with Crippen molar-refractivity contribution >= 4 is 18.3 Å². The zero-order valence-corrected chi connectivity index (χ0v) is 7.63. The minimum absolute atomic E-state index is 0.391. The van der Waals surface area contributed by atoms with E-state index in [1.807, 2.05) is 0 Å². The zero-order chi connectivity index (χ0) is 10.0. The Morgan fingerprint density at radius 2 is 1.85 bits per heavy atom. The SMILES string of the molecule is Cc1cc(C=O)c(N)c(C)c1C=O. The van der Waals surface area contributed by atoms with E-state index in [-0.39, 0.29) is 0 Å². The summed E-state index contributed by atoms with van der Waals surface area (Å²) in [7, 11) is 0. The number of benzene rings is 1. The molecule has 1 aromatic rings. The van der Waals surface area contributed by atoms with Gasteiger partial charge in [-0.05, 0) is 31.0 Å². The number of aryl methyl sites for hydroxylation is 1. The standard InChI is InChI=1S/C10H11NO2/c1-6-3-8(4-12)10(11)7(2)9(6)5-13/h3-5H,11H2,1-2H3. The molecule has 0 atom stereocenters. The molecule has 0 unspecified atom stereocenters. The second-order valence-electron chi connectivity index (χ2n) is 2.97. The normalized spacial score (nSPS) is 9.69. The van der Waals surface area contributed by atoms with Crippen LogP contribution < -0.4 is 5.73 Å². The van der Waals surface area contributed by atoms with Gasteiger partial charge < -0.3 is 5.73 Å². The van der Waals surface area contributed by atoms with Gasteiger partial charge in [0.1, 0.15) is 0 Å². The predicted octanol–water partition coefficient (Wildman–Crippen LogP) is 1.51. The van der Waals surface area contributed by atoms with Crippen molar-refractivity contribution in [2.45, 2.75) is 13.8 Å². The van der Waals surface area contributed by atoms with Crippen LogP contribution in [0.5, 0.6) is 0 Å². The van der Waals surface area contributed by atoms with E-state index in [9.17, 15) is 9.59 Å². The summed E-state index contributed by atoms with van der Waals surface area (Å²) in [6.07, 6.45) is 1.46. The fourth-order valence-electron chi connectivity index (χ4n) is 1.32. The summed E-state index contributed by atoms with van der Waals surface area (Å²) in [6.45, 7) is 3.52. The average Bonchev–Trinajstić information content (AvgIpc) is 2.12. The van der Waals surface area contributed by atoms with E-state index in [4.69, 9.17) is 5.73 Å². The first-order valence-corrected chi connectivity index (χ1v) is 3.91. The summed E-state index contributed by atoms with van der Waals surface area (Å²) >= 11 is 0. The van der Waals surface area contributed by atoms with Crippen LogP contribution in [0.2, 0.25) is 0 Å². The molecule has 0 aliphatic heterocycles. The number of nitrogens with two attached hydrogens (primary N) is 1. The van der Waals surface area contributed by atoms with E-state index < -0.39 is 0 Å². The molecule has 3 heteroatoms. The average molecular weight is 177 g/mol. The van der Waals surface area contributed by atoms with Crippen molar-refractivity contribution in [3.05, 3.63) is 28.3 Å². The highest BCUT2D eigenvalue weighted by Crippen LogP contribution is 2.21. The van der Waals surface area contributed by atoms with Crippen molar-refractivity contribution in [1.82, 2.24) is 0 Å². The van der Waals surface area contributed by atoms with Gasteiger partial charge in [-0.25, -0.2) is 0 Å². The Labute approximate surface area is 76.6 Å². The third kappa shape index (κ3) is 1.45. The highest BCUT2D eigenvalue weighted by molar-refractivity contribution is 5.91. The molecule has 0 aliphatic carbocycles. The highest BCUT2D eigenvalue weighted by Gasteiger charge is 2.08. The molecule has 0 amide bonds. The highest BCUT2D eigenvalue weighted by atomic mass is 16.1. The minimum Gasteiger partial charge on any atom is -0.398 e. The number of nitrogen functional groups attached to an aromatic ring is 1. The molecular weight excluding hydrogens is 166 g/mol. The van der Waals surface area contributed by atoms with Gasteiger partial charge in [-0.3, -0.25) is 9.59 Å². The maximum absolute atomic E-state index is 10.7. The Bertz CT molecular complexity index is 370. The number of aldehydes is 2. The Morgan fingerprint density at radius 3 is 2.31 bits per heavy atom. The summed E-state index contributed by atoms with van der Waals surface area (Å²) in [6, 6.07) is 1.62. The van der Waals surface area contributed by atoms with E-state index in [0.717, 1.165) is 11.8 Å². The van der Waals surface area contributed by atoms with Crippen LogP contribution in [0.1, 0.15) is 31.8 Å². The molecule has 0 saturated carbocycles. The predicted molar refractivity (Wildman–Crippen MR) is 51.1 cm³/mol. The number of carbonyl (C=O) groups excluding carboxylic acids is 2. The van der Waals surface area contributed by atoms with Gasteiger partial charge in [-0.2, -0.15) is 0 Å². The van der Waals surface area contributed by atoms with E-state index in [2.05, 4.69) is 0 Å². The molecule has 1 rings (SSSR count). The van der Waals surface area contributed by atoms with Crippen molar-refractivity contribution in [3.8, 4) is 0 Å². The number of rotatable bonds is 2. The lowest BCUT2D eigenvalue weighted by molar-refractivity contribution is 0.111. The van der Waals surface area contributed by atoms with Gasteiger partial charge in [0.05, 0.1) is 0 Å². The maximum atomic E-state index is 10.7. The first-order chi connectivity index (χ1) is 6.11. The minimum atomic E-state index is 0.391. The fraction of sp³-hybridized carbons (Fsp3) is 0.200. The summed E-state index contributed by atoms with van der Waals surface area (Å²) < 4.78 is 0. The lowest BCUT2D eigenvalue weighted by Crippen LogP contribution is -2.02. The van der Waals surface area contributed by atoms with Crippen LogP contribution in [-0.2, 0) is 0 Å². The van der Waals surface area contributed by atoms with Crippen molar-refractivity contribution in [2.24, 2.45) is 0 Å². The first kappa shape index (κ1) is 9.45. The molecule has 0 heterocycles. The lowest BCUT2D eigenvalue weighted by atomic mass is 9.98. The van der Waals surface area contributed by atoms with Crippen LogP contribution in [0.3, 0.4) is 0 Å². The number of hydrogen-bond acceptors (Lipinski definition) is 3. The van der Waals surface area contributed by atoms with Crippen molar-refractivity contribution in [3.63, 3.8) is 0 Å². The van der Waals surface area contributed by atoms with Crippen LogP contribution in [0.4, 0.5) is 5.69 Å². The molecule has 0 bridgehead atoms. The van der Waals surface area contributed by atoms with Crippen LogP contribution in [0, 0.1) is 13.8 Å². The molecule has 0 radical (unpaired) electrons. The largest absolute Gasteiger partial charge is 0.398 e. The summed E-state index contributed by atoms with van der Waals surface area (Å²) in [5.41, 5.74) is 8.52. The molecule has 0 fully saturated rings. The third-order valence-corrected chi connectivity index (χ3v) is 2.16. The van der Waals surface area contributed by atoms with Crippen LogP contribution in [-0.4, -0.2) is 12.6 Å². The molecule has 1 aromatic carbocycles. The van der Waals surface area contributed by atoms with Crippen molar-refractivity contribution < 1.29 is 9.59 Å². The van der Waals surface area contributed by atoms with Crippen LogP contribution in [0.25, 0.3) is 0 Å². The number of hydrogen-bond donors (Lipinski definition) is 1. The van der Waals surface area contributed by atoms with Gasteiger partial charge in [-0.15, -0.1) is 0 Å². The van der Waals surface area contributed by atoms with E-state index in [1.54, 1.807) is 19.9 Å². The molecule has 0 aromatic heterocycles. The Balaban J connectivity index is 3.54. The molecule has 0 spiro atoms. The Morgan fingerprint density at radius 1 is 1.23 bits per heavy atom. The van der Waals surface area contributed by atoms with Gasteiger partial charge in [0.2, 0.25) is 0 Å². The summed E-state index contributed by atoms with van der Waals surface area (Å²) in [5, 5.41) is 0. The first-order valence-electron chi connectivity index (χ1n) is 3.91. The van der Waals surface area contributed by atoms with Gasteiger partial charge in [0, 0.05) is 16.8 Å². The smallest absolute Gasteiger partial charge is 0.152 e. The molecule has 0 aliphatic rings. The van der Waals surface area contributed by atoms with Crippen molar-refractivity contribution in [1.29, 1.82) is 0 Å². The summed E-state index contributed by atoms with van der Waals surface area (Å²) in [5.74, 6) is 0. The zero-order valence-electron chi connectivity index (χ0n) is 7.63. The van der Waals surface area contributed by atoms with Crippen LogP contribution >= 0.6 is 0 Å². The molecule has 2 N–H and O–H groups in total. The monoisotopic (exact) mass is 177 g/mol. The third-order valence-electron chi connectivity index (χ3n) is 2.16. The van der Waals surface area contributed by atoms with Gasteiger partial charge in [0.25, 0.3) is 0 Å². The molecule has 68 valence electrons. The second kappa shape index (κ2) is 3.39. The molecule has 0 saturated heterocycles. The maximum Gasteiger partial charge on any atom is 0.152 e. The van der Waals surface area contributed by atoms with E-state index in [0.29, 0.717) is 28.7 Å². The number of carbonyl (C=O) groups is 2. The molecule has 3 nitrogen and oxygen atoms in total. The summed E-state index contributed by atoms with van der Waals surface area (Å²) in [4.78, 5) is 21.2.